The Bertz CT molecular complexity index is 1140. The zero-order valence-corrected chi connectivity index (χ0v) is 16.8. The molecule has 0 saturated carbocycles. The average Bonchev–Trinajstić information content (AvgIpc) is 2.84. The van der Waals surface area contributed by atoms with Crippen molar-refractivity contribution in [2.24, 2.45) is 0 Å². The van der Waals surface area contributed by atoms with Crippen LogP contribution in [0.1, 0.15) is 64.2 Å². The van der Waals surface area contributed by atoms with Crippen LogP contribution in [0.5, 0.6) is 5.75 Å². The number of carbonyl (C=O) groups is 2. The van der Waals surface area contributed by atoms with E-state index in [1.807, 2.05) is 65.0 Å². The number of pyridine rings is 1. The van der Waals surface area contributed by atoms with Crippen LogP contribution in [-0.4, -0.2) is 22.2 Å². The summed E-state index contributed by atoms with van der Waals surface area (Å²) < 4.78 is 6.14. The highest BCUT2D eigenvalue weighted by Gasteiger charge is 2.42. The zero-order valence-electron chi connectivity index (χ0n) is 16.8. The standard InChI is InChI=1S/C24H23NO3/c1-13-10-14(2)20-16(11-13)22(26)21(23(20)27)18-12-19(28-24(3,4)5)15-8-6-7-9-17(15)25-18/h6-12,21H,1-5H3. The number of ether oxygens (including phenoxy) is 1. The molecule has 1 unspecified atom stereocenters. The second-order valence-electron chi connectivity index (χ2n) is 8.44. The number of carbonyl (C=O) groups excluding carboxylic acids is 2. The molecule has 1 aromatic heterocycles. The summed E-state index contributed by atoms with van der Waals surface area (Å²) in [6.07, 6.45) is 0. The number of benzene rings is 2. The molecule has 0 N–H and O–H groups in total. The molecule has 1 aliphatic rings. The van der Waals surface area contributed by atoms with Gasteiger partial charge in [0.2, 0.25) is 0 Å². The van der Waals surface area contributed by atoms with Crippen LogP contribution in [0.3, 0.4) is 0 Å². The maximum Gasteiger partial charge on any atom is 0.180 e. The molecule has 142 valence electrons. The molecule has 0 bridgehead atoms. The first-order valence-corrected chi connectivity index (χ1v) is 9.44. The van der Waals surface area contributed by atoms with Gasteiger partial charge in [0.1, 0.15) is 17.3 Å². The molecule has 1 atom stereocenters. The number of ketones is 2. The first-order valence-electron chi connectivity index (χ1n) is 9.44. The van der Waals surface area contributed by atoms with Crippen LogP contribution in [0.25, 0.3) is 10.9 Å². The van der Waals surface area contributed by atoms with Crippen molar-refractivity contribution in [3.05, 3.63) is 70.4 Å². The Hall–Kier alpha value is -3.01. The van der Waals surface area contributed by atoms with Gasteiger partial charge in [-0.15, -0.1) is 0 Å². The minimum absolute atomic E-state index is 0.179. The van der Waals surface area contributed by atoms with E-state index < -0.39 is 11.5 Å². The lowest BCUT2D eigenvalue weighted by Gasteiger charge is -2.23. The van der Waals surface area contributed by atoms with Gasteiger partial charge < -0.3 is 4.74 Å². The molecule has 1 heterocycles. The first-order chi connectivity index (χ1) is 13.2. The van der Waals surface area contributed by atoms with Crippen molar-refractivity contribution >= 4 is 22.5 Å². The van der Waals surface area contributed by atoms with Gasteiger partial charge in [-0.25, -0.2) is 0 Å². The Labute approximate surface area is 164 Å². The summed E-state index contributed by atoms with van der Waals surface area (Å²) in [6, 6.07) is 13.1. The molecular weight excluding hydrogens is 350 g/mol. The minimum Gasteiger partial charge on any atom is -0.487 e. The lowest BCUT2D eigenvalue weighted by atomic mass is 9.97. The van der Waals surface area contributed by atoms with E-state index in [2.05, 4.69) is 4.98 Å². The van der Waals surface area contributed by atoms with Gasteiger partial charge in [-0.05, 0) is 58.4 Å². The Morgan fingerprint density at radius 2 is 1.68 bits per heavy atom. The highest BCUT2D eigenvalue weighted by molar-refractivity contribution is 6.30. The van der Waals surface area contributed by atoms with Crippen LogP contribution in [0.2, 0.25) is 0 Å². The maximum atomic E-state index is 13.2. The number of hydrogen-bond donors (Lipinski definition) is 0. The third kappa shape index (κ3) is 2.99. The van der Waals surface area contributed by atoms with E-state index in [0.29, 0.717) is 28.1 Å². The molecule has 3 aromatic rings. The van der Waals surface area contributed by atoms with Crippen molar-refractivity contribution in [1.82, 2.24) is 4.98 Å². The SMILES string of the molecule is Cc1cc(C)c2c(c1)C(=O)C(c1cc(OC(C)(C)C)c3ccccc3n1)C2=O. The number of aryl methyl sites for hydroxylation is 2. The van der Waals surface area contributed by atoms with Crippen LogP contribution in [0.15, 0.2) is 42.5 Å². The third-order valence-electron chi connectivity index (χ3n) is 4.93. The Morgan fingerprint density at radius 3 is 2.39 bits per heavy atom. The minimum atomic E-state index is -0.914. The summed E-state index contributed by atoms with van der Waals surface area (Å²) in [5.74, 6) is -0.640. The maximum absolute atomic E-state index is 13.2. The molecule has 4 rings (SSSR count). The van der Waals surface area contributed by atoms with E-state index in [-0.39, 0.29) is 11.6 Å². The fourth-order valence-corrected chi connectivity index (χ4v) is 3.90. The number of fused-ring (bicyclic) bond motifs is 2. The van der Waals surface area contributed by atoms with Gasteiger partial charge >= 0.3 is 0 Å². The molecule has 2 aromatic carbocycles. The molecule has 0 saturated heterocycles. The molecule has 28 heavy (non-hydrogen) atoms. The average molecular weight is 373 g/mol. The summed E-state index contributed by atoms with van der Waals surface area (Å²) >= 11 is 0. The van der Waals surface area contributed by atoms with E-state index in [1.165, 1.54) is 0 Å². The van der Waals surface area contributed by atoms with E-state index in [4.69, 9.17) is 4.74 Å². The molecule has 1 aliphatic carbocycles. The number of para-hydroxylation sites is 1. The van der Waals surface area contributed by atoms with Crippen LogP contribution in [-0.2, 0) is 0 Å². The number of rotatable bonds is 2. The van der Waals surface area contributed by atoms with Crippen LogP contribution in [0, 0.1) is 13.8 Å². The molecule has 0 spiro atoms. The van der Waals surface area contributed by atoms with Gasteiger partial charge in [0.15, 0.2) is 11.6 Å². The van der Waals surface area contributed by atoms with Gasteiger partial charge in [-0.1, -0.05) is 23.8 Å². The summed E-state index contributed by atoms with van der Waals surface area (Å²) in [4.78, 5) is 31.0. The lowest BCUT2D eigenvalue weighted by molar-refractivity contribution is 0.0888. The van der Waals surface area contributed by atoms with Gasteiger partial charge in [0.25, 0.3) is 0 Å². The van der Waals surface area contributed by atoms with Crippen molar-refractivity contribution in [3.63, 3.8) is 0 Å². The number of aromatic nitrogens is 1. The summed E-state index contributed by atoms with van der Waals surface area (Å²) in [7, 11) is 0. The van der Waals surface area contributed by atoms with Gasteiger partial charge in [-0.2, -0.15) is 0 Å². The Kier molecular flexibility index (Phi) is 4.11. The zero-order chi connectivity index (χ0) is 20.2. The van der Waals surface area contributed by atoms with Gasteiger partial charge in [-0.3, -0.25) is 14.6 Å². The van der Waals surface area contributed by atoms with Crippen LogP contribution >= 0.6 is 0 Å². The van der Waals surface area contributed by atoms with Crippen molar-refractivity contribution in [2.75, 3.05) is 0 Å². The quantitative estimate of drug-likeness (QED) is 0.580. The van der Waals surface area contributed by atoms with Crippen LogP contribution < -0.4 is 4.74 Å². The second-order valence-corrected chi connectivity index (χ2v) is 8.44. The predicted octanol–water partition coefficient (Wildman–Crippen LogP) is 5.19. The largest absolute Gasteiger partial charge is 0.487 e. The molecule has 0 fully saturated rings. The molecular formula is C24H23NO3. The van der Waals surface area contributed by atoms with Crippen molar-refractivity contribution in [1.29, 1.82) is 0 Å². The number of nitrogens with zero attached hydrogens (tertiary/aromatic N) is 1. The highest BCUT2D eigenvalue weighted by Crippen LogP contribution is 2.38. The molecule has 0 amide bonds. The number of Topliss-reactive ketones (excluding diaryl/α,β-unsaturated/α-hetero) is 2. The summed E-state index contributed by atoms with van der Waals surface area (Å²) in [5, 5.41) is 0.864. The summed E-state index contributed by atoms with van der Waals surface area (Å²) in [5.41, 5.74) is 3.57. The van der Waals surface area contributed by atoms with Crippen molar-refractivity contribution in [2.45, 2.75) is 46.1 Å². The fourth-order valence-electron chi connectivity index (χ4n) is 3.90. The normalized spacial score (nSPS) is 16.5. The molecule has 0 radical (unpaired) electrons. The predicted molar refractivity (Wildman–Crippen MR) is 109 cm³/mol. The van der Waals surface area contributed by atoms with Crippen LogP contribution in [0.4, 0.5) is 0 Å². The topological polar surface area (TPSA) is 56.3 Å². The van der Waals surface area contributed by atoms with E-state index in [1.54, 1.807) is 12.1 Å². The summed E-state index contributed by atoms with van der Waals surface area (Å²) in [6.45, 7) is 9.71. The fraction of sp³-hybridized carbons (Fsp3) is 0.292. The lowest BCUT2D eigenvalue weighted by Crippen LogP contribution is -2.23. The van der Waals surface area contributed by atoms with E-state index >= 15 is 0 Å². The highest BCUT2D eigenvalue weighted by atomic mass is 16.5. The van der Waals surface area contributed by atoms with E-state index in [9.17, 15) is 9.59 Å². The Balaban J connectivity index is 1.89. The second kappa shape index (κ2) is 6.26. The van der Waals surface area contributed by atoms with E-state index in [0.717, 1.165) is 16.5 Å². The smallest absolute Gasteiger partial charge is 0.180 e. The molecule has 4 nitrogen and oxygen atoms in total. The number of hydrogen-bond acceptors (Lipinski definition) is 4. The first kappa shape index (κ1) is 18.4. The van der Waals surface area contributed by atoms with Gasteiger partial charge in [0, 0.05) is 22.6 Å². The third-order valence-corrected chi connectivity index (χ3v) is 4.93. The van der Waals surface area contributed by atoms with Crippen molar-refractivity contribution < 1.29 is 14.3 Å². The Morgan fingerprint density at radius 1 is 0.964 bits per heavy atom. The molecule has 4 heteroatoms. The van der Waals surface area contributed by atoms with Crippen molar-refractivity contribution in [3.8, 4) is 5.75 Å². The monoisotopic (exact) mass is 373 g/mol. The van der Waals surface area contributed by atoms with Gasteiger partial charge in [0.05, 0.1) is 11.2 Å². The molecule has 0 aliphatic heterocycles.